The predicted octanol–water partition coefficient (Wildman–Crippen LogP) is 3.39. The molecule has 0 bridgehead atoms. The van der Waals surface area contributed by atoms with Crippen LogP contribution in [-0.4, -0.2) is 24.5 Å². The number of rotatable bonds is 6. The number of nitrogens with one attached hydrogen (secondary N) is 2. The molecular weight excluding hydrogens is 329 g/mol. The average Bonchev–Trinajstić information content (AvgIpc) is 2.89. The predicted molar refractivity (Wildman–Crippen MR) is 88.5 cm³/mol. The summed E-state index contributed by atoms with van der Waals surface area (Å²) in [7, 11) is 1.80. The lowest BCUT2D eigenvalue weighted by molar-refractivity contribution is -0.120. The number of amides is 1. The smallest absolute Gasteiger partial charge is 0.226 e. The van der Waals surface area contributed by atoms with Crippen LogP contribution in [0, 0.1) is 0 Å². The fourth-order valence-corrected chi connectivity index (χ4v) is 2.97. The number of nitrogens with zero attached hydrogens (tertiary/aromatic N) is 1. The van der Waals surface area contributed by atoms with Gasteiger partial charge in [-0.05, 0) is 24.1 Å². The molecule has 2 N–H and O–H groups in total. The Balaban J connectivity index is 1.78. The molecule has 0 aliphatic carbocycles. The summed E-state index contributed by atoms with van der Waals surface area (Å²) in [4.78, 5) is 16.1. The first-order chi connectivity index (χ1) is 10.1. The van der Waals surface area contributed by atoms with Gasteiger partial charge in [-0.15, -0.1) is 11.3 Å². The fourth-order valence-electron chi connectivity index (χ4n) is 1.79. The molecule has 4 nitrogen and oxygen atoms in total. The van der Waals surface area contributed by atoms with Crippen molar-refractivity contribution in [3.05, 3.63) is 44.9 Å². The van der Waals surface area contributed by atoms with Gasteiger partial charge >= 0.3 is 0 Å². The van der Waals surface area contributed by atoms with Gasteiger partial charge in [-0.3, -0.25) is 4.79 Å². The second-order valence-electron chi connectivity index (χ2n) is 4.41. The van der Waals surface area contributed by atoms with E-state index < -0.39 is 0 Å². The zero-order valence-corrected chi connectivity index (χ0v) is 13.8. The highest BCUT2D eigenvalue weighted by molar-refractivity contribution is 7.13. The Labute approximate surface area is 137 Å². The van der Waals surface area contributed by atoms with E-state index in [1.54, 1.807) is 19.2 Å². The van der Waals surface area contributed by atoms with E-state index in [4.69, 9.17) is 23.2 Å². The van der Waals surface area contributed by atoms with Crippen LogP contribution in [0.4, 0.5) is 5.13 Å². The Kier molecular flexibility index (Phi) is 5.85. The number of benzene rings is 1. The molecule has 7 heteroatoms. The average molecular weight is 344 g/mol. The number of carbonyl (C=O) groups is 1. The Hall–Kier alpha value is -1.30. The summed E-state index contributed by atoms with van der Waals surface area (Å²) in [6.07, 6.45) is 0.951. The molecule has 112 valence electrons. The number of hydrogen-bond acceptors (Lipinski definition) is 4. The first-order valence-corrected chi connectivity index (χ1v) is 8.05. The van der Waals surface area contributed by atoms with Crippen molar-refractivity contribution in [3.8, 4) is 0 Å². The Morgan fingerprint density at radius 1 is 1.38 bits per heavy atom. The topological polar surface area (TPSA) is 54.0 Å². The van der Waals surface area contributed by atoms with E-state index in [9.17, 15) is 4.79 Å². The maximum atomic E-state index is 11.8. The molecule has 0 atom stereocenters. The van der Waals surface area contributed by atoms with Gasteiger partial charge in [0.1, 0.15) is 0 Å². The van der Waals surface area contributed by atoms with Crippen molar-refractivity contribution in [2.24, 2.45) is 0 Å². The standard InChI is InChI=1S/C14H15Cl2N3OS/c1-17-14-19-11(8-21-14)7-13(20)18-5-4-9-2-3-10(15)6-12(9)16/h2-3,6,8H,4-5,7H2,1H3,(H,17,19)(H,18,20). The lowest BCUT2D eigenvalue weighted by Gasteiger charge is -2.06. The summed E-state index contributed by atoms with van der Waals surface area (Å²) in [5.74, 6) is -0.0481. The molecule has 1 heterocycles. The maximum Gasteiger partial charge on any atom is 0.226 e. The van der Waals surface area contributed by atoms with E-state index in [-0.39, 0.29) is 12.3 Å². The lowest BCUT2D eigenvalue weighted by atomic mass is 10.1. The number of anilines is 1. The fraction of sp³-hybridized carbons (Fsp3) is 0.286. The summed E-state index contributed by atoms with van der Waals surface area (Å²) in [5, 5.41) is 9.72. The zero-order chi connectivity index (χ0) is 15.2. The van der Waals surface area contributed by atoms with Crippen LogP contribution in [0.3, 0.4) is 0 Å². The van der Waals surface area contributed by atoms with E-state index in [0.717, 1.165) is 16.4 Å². The molecule has 0 aliphatic heterocycles. The molecule has 0 aliphatic rings. The summed E-state index contributed by atoms with van der Waals surface area (Å²) in [6, 6.07) is 5.37. The van der Waals surface area contributed by atoms with Crippen molar-refractivity contribution in [1.29, 1.82) is 0 Å². The van der Waals surface area contributed by atoms with Gasteiger partial charge in [-0.25, -0.2) is 4.98 Å². The highest BCUT2D eigenvalue weighted by Gasteiger charge is 2.07. The second-order valence-corrected chi connectivity index (χ2v) is 6.11. The van der Waals surface area contributed by atoms with Crippen LogP contribution in [-0.2, 0) is 17.6 Å². The van der Waals surface area contributed by atoms with Crippen LogP contribution >= 0.6 is 34.5 Å². The normalized spacial score (nSPS) is 10.4. The summed E-state index contributed by atoms with van der Waals surface area (Å²) < 4.78 is 0. The van der Waals surface area contributed by atoms with Crippen LogP contribution in [0.5, 0.6) is 0 Å². The molecule has 2 rings (SSSR count). The number of hydrogen-bond donors (Lipinski definition) is 2. The van der Waals surface area contributed by atoms with Crippen molar-refractivity contribution in [2.45, 2.75) is 12.8 Å². The van der Waals surface area contributed by atoms with E-state index in [1.807, 2.05) is 11.4 Å². The molecule has 2 aromatic rings. The Morgan fingerprint density at radius 3 is 2.86 bits per heavy atom. The van der Waals surface area contributed by atoms with Gasteiger partial charge in [0.15, 0.2) is 5.13 Å². The van der Waals surface area contributed by atoms with Crippen molar-refractivity contribution < 1.29 is 4.79 Å². The lowest BCUT2D eigenvalue weighted by Crippen LogP contribution is -2.27. The summed E-state index contributed by atoms with van der Waals surface area (Å²) in [5.41, 5.74) is 1.74. The molecule has 1 aromatic carbocycles. The third-order valence-corrected chi connectivity index (χ3v) is 4.33. The van der Waals surface area contributed by atoms with Gasteiger partial charge in [-0.1, -0.05) is 29.3 Å². The van der Waals surface area contributed by atoms with Crippen molar-refractivity contribution in [1.82, 2.24) is 10.3 Å². The Bertz CT molecular complexity index is 630. The van der Waals surface area contributed by atoms with Gasteiger partial charge in [0.25, 0.3) is 0 Å². The van der Waals surface area contributed by atoms with Crippen LogP contribution in [0.25, 0.3) is 0 Å². The van der Waals surface area contributed by atoms with E-state index >= 15 is 0 Å². The molecular formula is C14H15Cl2N3OS. The molecule has 0 saturated carbocycles. The number of thiazole rings is 1. The highest BCUT2D eigenvalue weighted by Crippen LogP contribution is 2.21. The minimum atomic E-state index is -0.0481. The molecule has 21 heavy (non-hydrogen) atoms. The van der Waals surface area contributed by atoms with Gasteiger partial charge in [0, 0.05) is 29.0 Å². The second kappa shape index (κ2) is 7.64. The van der Waals surface area contributed by atoms with Crippen molar-refractivity contribution in [3.63, 3.8) is 0 Å². The van der Waals surface area contributed by atoms with Crippen LogP contribution in [0.15, 0.2) is 23.6 Å². The van der Waals surface area contributed by atoms with Gasteiger partial charge in [-0.2, -0.15) is 0 Å². The first kappa shape index (κ1) is 16.1. The number of halogens is 2. The zero-order valence-electron chi connectivity index (χ0n) is 11.5. The van der Waals surface area contributed by atoms with Crippen molar-refractivity contribution >= 4 is 45.6 Å². The van der Waals surface area contributed by atoms with E-state index in [1.165, 1.54) is 11.3 Å². The molecule has 0 spiro atoms. The summed E-state index contributed by atoms with van der Waals surface area (Å²) >= 11 is 13.4. The van der Waals surface area contributed by atoms with E-state index in [2.05, 4.69) is 15.6 Å². The number of carbonyl (C=O) groups excluding carboxylic acids is 1. The first-order valence-electron chi connectivity index (χ1n) is 6.41. The van der Waals surface area contributed by atoms with Gasteiger partial charge in [0.2, 0.25) is 5.91 Å². The van der Waals surface area contributed by atoms with Crippen LogP contribution < -0.4 is 10.6 Å². The van der Waals surface area contributed by atoms with Crippen molar-refractivity contribution in [2.75, 3.05) is 18.9 Å². The third-order valence-electron chi connectivity index (χ3n) is 2.84. The quantitative estimate of drug-likeness (QED) is 0.845. The minimum absolute atomic E-state index is 0.0481. The third kappa shape index (κ3) is 4.88. The largest absolute Gasteiger partial charge is 0.365 e. The van der Waals surface area contributed by atoms with Gasteiger partial charge < -0.3 is 10.6 Å². The molecule has 0 saturated heterocycles. The van der Waals surface area contributed by atoms with Gasteiger partial charge in [0.05, 0.1) is 12.1 Å². The molecule has 1 amide bonds. The molecule has 0 unspecified atom stereocenters. The van der Waals surface area contributed by atoms with Crippen LogP contribution in [0.1, 0.15) is 11.3 Å². The highest BCUT2D eigenvalue weighted by atomic mass is 35.5. The molecule has 1 aromatic heterocycles. The monoisotopic (exact) mass is 343 g/mol. The minimum Gasteiger partial charge on any atom is -0.365 e. The molecule has 0 radical (unpaired) electrons. The Morgan fingerprint density at radius 2 is 2.19 bits per heavy atom. The SMILES string of the molecule is CNc1nc(CC(=O)NCCc2ccc(Cl)cc2Cl)cs1. The molecule has 0 fully saturated rings. The van der Waals surface area contributed by atoms with Crippen LogP contribution in [0.2, 0.25) is 10.0 Å². The van der Waals surface area contributed by atoms with E-state index in [0.29, 0.717) is 23.0 Å². The number of aromatic nitrogens is 1. The maximum absolute atomic E-state index is 11.8. The summed E-state index contributed by atoms with van der Waals surface area (Å²) in [6.45, 7) is 0.531.